The lowest BCUT2D eigenvalue weighted by atomic mass is 9.75. The molecule has 2 N–H and O–H groups in total. The highest BCUT2D eigenvalue weighted by Crippen LogP contribution is 2.36. The maximum atomic E-state index is 12.9. The summed E-state index contributed by atoms with van der Waals surface area (Å²) in [4.78, 5) is 52.1. The fourth-order valence-corrected chi connectivity index (χ4v) is 4.11. The average Bonchev–Trinajstić information content (AvgIpc) is 2.92. The summed E-state index contributed by atoms with van der Waals surface area (Å²) in [6.07, 6.45) is 5.06. The molecule has 0 radical (unpaired) electrons. The molecule has 156 valence electrons. The largest absolute Gasteiger partial charge is 0.345 e. The van der Waals surface area contributed by atoms with Gasteiger partial charge in [-0.2, -0.15) is 0 Å². The molecule has 2 fully saturated rings. The van der Waals surface area contributed by atoms with Crippen molar-refractivity contribution in [3.8, 4) is 0 Å². The zero-order valence-electron chi connectivity index (χ0n) is 17.2. The van der Waals surface area contributed by atoms with Crippen molar-refractivity contribution in [2.75, 3.05) is 26.0 Å². The van der Waals surface area contributed by atoms with Gasteiger partial charge in [0, 0.05) is 25.3 Å². The van der Waals surface area contributed by atoms with Crippen LogP contribution in [0.4, 0.5) is 10.5 Å². The van der Waals surface area contributed by atoms with Crippen molar-refractivity contribution < 1.29 is 19.2 Å². The molecule has 1 saturated carbocycles. The minimum atomic E-state index is -0.939. The maximum Gasteiger partial charge on any atom is 0.325 e. The predicted octanol–water partition coefficient (Wildman–Crippen LogP) is 2.22. The van der Waals surface area contributed by atoms with E-state index in [9.17, 15) is 19.2 Å². The van der Waals surface area contributed by atoms with Gasteiger partial charge < -0.3 is 15.5 Å². The minimum Gasteiger partial charge on any atom is -0.345 e. The smallest absolute Gasteiger partial charge is 0.325 e. The first-order valence-corrected chi connectivity index (χ1v) is 9.98. The van der Waals surface area contributed by atoms with Crippen LogP contribution in [-0.2, 0) is 9.59 Å². The summed E-state index contributed by atoms with van der Waals surface area (Å²) in [7, 11) is 3.33. The van der Waals surface area contributed by atoms with E-state index in [2.05, 4.69) is 10.6 Å². The van der Waals surface area contributed by atoms with Crippen molar-refractivity contribution in [3.63, 3.8) is 0 Å². The zero-order chi connectivity index (χ0) is 21.2. The molecular formula is C21H28N4O4. The second kappa shape index (κ2) is 8.23. The van der Waals surface area contributed by atoms with E-state index in [1.54, 1.807) is 45.3 Å². The van der Waals surface area contributed by atoms with Gasteiger partial charge in [-0.1, -0.05) is 19.3 Å². The van der Waals surface area contributed by atoms with Crippen LogP contribution in [-0.4, -0.2) is 59.7 Å². The highest BCUT2D eigenvalue weighted by molar-refractivity contribution is 6.10. The normalized spacial score (nSPS) is 22.4. The highest BCUT2D eigenvalue weighted by Gasteiger charge is 2.52. The molecule has 2 aliphatic rings. The van der Waals surface area contributed by atoms with Gasteiger partial charge in [-0.15, -0.1) is 0 Å². The van der Waals surface area contributed by atoms with Crippen LogP contribution in [0.2, 0.25) is 0 Å². The number of nitrogens with zero attached hydrogens (tertiary/aromatic N) is 2. The summed E-state index contributed by atoms with van der Waals surface area (Å²) in [5, 5.41) is 5.49. The molecule has 1 aromatic rings. The molecule has 29 heavy (non-hydrogen) atoms. The van der Waals surface area contributed by atoms with Gasteiger partial charge in [-0.05, 0) is 49.9 Å². The van der Waals surface area contributed by atoms with Crippen LogP contribution in [0.15, 0.2) is 24.3 Å². The van der Waals surface area contributed by atoms with Gasteiger partial charge in [0.05, 0.1) is 0 Å². The Hall–Kier alpha value is -2.90. The number of nitrogens with one attached hydrogen (secondary N) is 2. The number of carbonyl (C=O) groups is 4. The average molecular weight is 400 g/mol. The van der Waals surface area contributed by atoms with Gasteiger partial charge in [-0.25, -0.2) is 4.79 Å². The second-order valence-corrected chi connectivity index (χ2v) is 8.18. The Morgan fingerprint density at radius 3 is 2.34 bits per heavy atom. The summed E-state index contributed by atoms with van der Waals surface area (Å²) in [5.74, 6) is -0.837. The molecule has 0 spiro atoms. The van der Waals surface area contributed by atoms with Gasteiger partial charge >= 0.3 is 6.03 Å². The lowest BCUT2D eigenvalue weighted by Gasteiger charge is -2.34. The van der Waals surface area contributed by atoms with Crippen molar-refractivity contribution in [1.29, 1.82) is 0 Å². The van der Waals surface area contributed by atoms with Crippen molar-refractivity contribution in [3.05, 3.63) is 29.8 Å². The fourth-order valence-electron chi connectivity index (χ4n) is 4.11. The van der Waals surface area contributed by atoms with Crippen LogP contribution in [0.1, 0.15) is 49.4 Å². The Bertz CT molecular complexity index is 814. The molecule has 1 heterocycles. The highest BCUT2D eigenvalue weighted by atomic mass is 16.2. The van der Waals surface area contributed by atoms with Crippen LogP contribution in [0.25, 0.3) is 0 Å². The van der Waals surface area contributed by atoms with Crippen LogP contribution >= 0.6 is 0 Å². The van der Waals surface area contributed by atoms with Crippen LogP contribution in [0.3, 0.4) is 0 Å². The topological polar surface area (TPSA) is 98.8 Å². The van der Waals surface area contributed by atoms with Crippen molar-refractivity contribution in [1.82, 2.24) is 15.1 Å². The predicted molar refractivity (Wildman–Crippen MR) is 108 cm³/mol. The number of rotatable bonds is 5. The number of carbonyl (C=O) groups excluding carboxylic acids is 4. The van der Waals surface area contributed by atoms with E-state index in [-0.39, 0.29) is 24.3 Å². The molecule has 1 aromatic carbocycles. The summed E-state index contributed by atoms with van der Waals surface area (Å²) in [5.41, 5.74) is 0.0594. The van der Waals surface area contributed by atoms with Gasteiger partial charge in [0.1, 0.15) is 12.1 Å². The minimum absolute atomic E-state index is 0.0996. The van der Waals surface area contributed by atoms with E-state index in [1.807, 2.05) is 0 Å². The lowest BCUT2D eigenvalue weighted by molar-refractivity contribution is -0.135. The summed E-state index contributed by atoms with van der Waals surface area (Å²) < 4.78 is 0. The third-order valence-electron chi connectivity index (χ3n) is 5.85. The van der Waals surface area contributed by atoms with Crippen LogP contribution in [0.5, 0.6) is 0 Å². The Morgan fingerprint density at radius 1 is 1.14 bits per heavy atom. The Labute approximate surface area is 170 Å². The monoisotopic (exact) mass is 400 g/mol. The van der Waals surface area contributed by atoms with E-state index in [4.69, 9.17) is 0 Å². The molecule has 0 bridgehead atoms. The molecular weight excluding hydrogens is 372 g/mol. The molecule has 8 heteroatoms. The Balaban J connectivity index is 1.62. The molecule has 1 unspecified atom stereocenters. The quantitative estimate of drug-likeness (QED) is 0.741. The van der Waals surface area contributed by atoms with Gasteiger partial charge in [0.15, 0.2) is 0 Å². The van der Waals surface area contributed by atoms with Crippen molar-refractivity contribution in [2.45, 2.75) is 44.6 Å². The summed E-state index contributed by atoms with van der Waals surface area (Å²) >= 11 is 0. The summed E-state index contributed by atoms with van der Waals surface area (Å²) in [6, 6.07) is 5.95. The first kappa shape index (κ1) is 20.8. The second-order valence-electron chi connectivity index (χ2n) is 8.18. The SMILES string of the molecule is CN(C)C(=O)c1ccc(NC(=O)CN2C(=O)NC(C)(C3CCCCC3)C2=O)cc1. The number of imide groups is 1. The number of hydrogen-bond donors (Lipinski definition) is 2. The van der Waals surface area contributed by atoms with Crippen molar-refractivity contribution in [2.24, 2.45) is 5.92 Å². The number of anilines is 1. The molecule has 8 nitrogen and oxygen atoms in total. The van der Waals surface area contributed by atoms with Crippen LogP contribution in [0, 0.1) is 5.92 Å². The first-order chi connectivity index (χ1) is 13.7. The third kappa shape index (κ3) is 4.26. The number of benzene rings is 1. The summed E-state index contributed by atoms with van der Waals surface area (Å²) in [6.45, 7) is 1.42. The molecule has 1 atom stereocenters. The fraction of sp³-hybridized carbons (Fsp3) is 0.524. The van der Waals surface area contributed by atoms with E-state index in [0.717, 1.165) is 37.0 Å². The van der Waals surface area contributed by atoms with Gasteiger partial charge in [0.2, 0.25) is 5.91 Å². The maximum absolute atomic E-state index is 12.9. The van der Waals surface area contributed by atoms with Crippen LogP contribution < -0.4 is 10.6 Å². The third-order valence-corrected chi connectivity index (χ3v) is 5.85. The Kier molecular flexibility index (Phi) is 5.91. The van der Waals surface area contributed by atoms with Crippen molar-refractivity contribution >= 4 is 29.4 Å². The molecule has 1 aliphatic heterocycles. The zero-order valence-corrected chi connectivity index (χ0v) is 17.2. The number of amides is 5. The van der Waals surface area contributed by atoms with Gasteiger partial charge in [0.25, 0.3) is 11.8 Å². The first-order valence-electron chi connectivity index (χ1n) is 9.98. The Morgan fingerprint density at radius 2 is 1.76 bits per heavy atom. The number of urea groups is 1. The van der Waals surface area contributed by atoms with E-state index in [1.165, 1.54) is 4.90 Å². The molecule has 1 saturated heterocycles. The standard InChI is InChI=1S/C21H28N4O4/c1-21(15-7-5-4-6-8-15)19(28)25(20(29)23-21)13-17(26)22-16-11-9-14(10-12-16)18(27)24(2)3/h9-12,15H,4-8,13H2,1-3H3,(H,22,26)(H,23,29). The van der Waals surface area contributed by atoms with E-state index in [0.29, 0.717) is 11.3 Å². The van der Waals surface area contributed by atoms with E-state index >= 15 is 0 Å². The lowest BCUT2D eigenvalue weighted by Crippen LogP contribution is -2.51. The van der Waals surface area contributed by atoms with Gasteiger partial charge in [-0.3, -0.25) is 19.3 Å². The molecule has 0 aromatic heterocycles. The molecule has 5 amide bonds. The van der Waals surface area contributed by atoms with E-state index < -0.39 is 17.5 Å². The molecule has 3 rings (SSSR count). The number of hydrogen-bond acceptors (Lipinski definition) is 4. The molecule has 1 aliphatic carbocycles.